The predicted molar refractivity (Wildman–Crippen MR) is 103 cm³/mol. The number of aliphatic imine (C=N–C) groups is 1. The molecule has 0 saturated carbocycles. The first-order chi connectivity index (χ1) is 10.5. The Morgan fingerprint density at radius 1 is 1.27 bits per heavy atom. The van der Waals surface area contributed by atoms with Crippen molar-refractivity contribution in [1.82, 2.24) is 0 Å². The molecule has 114 valence electrons. The molecule has 0 spiro atoms. The van der Waals surface area contributed by atoms with Crippen LogP contribution in [-0.4, -0.2) is 23.9 Å². The highest BCUT2D eigenvalue weighted by molar-refractivity contribution is 14.1. The van der Waals surface area contributed by atoms with E-state index in [-0.39, 0.29) is 11.7 Å². The summed E-state index contributed by atoms with van der Waals surface area (Å²) in [6.45, 7) is 2.12. The Hall–Kier alpha value is -1.16. The van der Waals surface area contributed by atoms with Crippen molar-refractivity contribution in [2.45, 2.75) is 6.92 Å². The molecule has 0 aromatic heterocycles. The van der Waals surface area contributed by atoms with Crippen molar-refractivity contribution in [1.29, 1.82) is 0 Å². The van der Waals surface area contributed by atoms with Crippen molar-refractivity contribution in [2.75, 3.05) is 6.61 Å². The van der Waals surface area contributed by atoms with Crippen molar-refractivity contribution in [3.8, 4) is 5.75 Å². The molecule has 2 aromatic carbocycles. The molecule has 6 heteroatoms. The second-order valence-corrected chi connectivity index (χ2v) is 6.76. The molecule has 0 fully saturated rings. The third-order valence-electron chi connectivity index (χ3n) is 2.79. The highest BCUT2D eigenvalue weighted by atomic mass is 127. The summed E-state index contributed by atoms with van der Waals surface area (Å²) in [6, 6.07) is 10.6. The number of carbonyl (C=O) groups is 1. The van der Waals surface area contributed by atoms with E-state index in [1.807, 2.05) is 12.1 Å². The Bertz CT molecular complexity index is 712. The summed E-state index contributed by atoms with van der Waals surface area (Å²) in [7, 11) is 0. The van der Waals surface area contributed by atoms with Gasteiger partial charge >= 0.3 is 5.97 Å². The number of rotatable bonds is 4. The zero-order chi connectivity index (χ0) is 16.1. The van der Waals surface area contributed by atoms with E-state index in [0.29, 0.717) is 23.4 Å². The molecule has 4 nitrogen and oxygen atoms in total. The first-order valence-electron chi connectivity index (χ1n) is 6.50. The van der Waals surface area contributed by atoms with Crippen LogP contribution in [0.4, 0.5) is 5.69 Å². The number of carbonyl (C=O) groups excluding carboxylic acids is 1. The Labute approximate surface area is 155 Å². The number of aromatic hydroxyl groups is 1. The van der Waals surface area contributed by atoms with Crippen molar-refractivity contribution in [2.24, 2.45) is 4.99 Å². The van der Waals surface area contributed by atoms with Crippen LogP contribution in [-0.2, 0) is 4.74 Å². The first-order valence-corrected chi connectivity index (χ1v) is 8.66. The zero-order valence-electron chi connectivity index (χ0n) is 11.7. The summed E-state index contributed by atoms with van der Waals surface area (Å²) >= 11 is 4.27. The number of nitrogens with zero attached hydrogens (tertiary/aromatic N) is 1. The fourth-order valence-corrected chi connectivity index (χ4v) is 3.62. The topological polar surface area (TPSA) is 58.9 Å². The maximum absolute atomic E-state index is 11.6. The summed E-state index contributed by atoms with van der Waals surface area (Å²) in [5.41, 5.74) is 1.85. The van der Waals surface area contributed by atoms with Gasteiger partial charge in [0.2, 0.25) is 0 Å². The quantitative estimate of drug-likeness (QED) is 0.366. The number of esters is 1. The lowest BCUT2D eigenvalue weighted by atomic mass is 10.2. The normalized spacial score (nSPS) is 10.9. The van der Waals surface area contributed by atoms with Crippen LogP contribution in [0.1, 0.15) is 22.8 Å². The second kappa shape index (κ2) is 7.91. The minimum atomic E-state index is -0.345. The molecule has 0 bridgehead atoms. The molecule has 22 heavy (non-hydrogen) atoms. The van der Waals surface area contributed by atoms with E-state index in [1.54, 1.807) is 37.4 Å². The van der Waals surface area contributed by atoms with E-state index in [9.17, 15) is 9.90 Å². The lowest BCUT2D eigenvalue weighted by molar-refractivity contribution is 0.0526. The lowest BCUT2D eigenvalue weighted by Gasteiger charge is -2.03. The number of phenolic OH excluding ortho intramolecular Hbond substituents is 1. The molecule has 0 aliphatic carbocycles. The number of phenols is 1. The van der Waals surface area contributed by atoms with Crippen molar-refractivity contribution < 1.29 is 14.6 Å². The monoisotopic (exact) mass is 521 g/mol. The van der Waals surface area contributed by atoms with Crippen LogP contribution < -0.4 is 0 Å². The van der Waals surface area contributed by atoms with Gasteiger partial charge in [-0.15, -0.1) is 0 Å². The molecule has 0 aliphatic rings. The standard InChI is InChI=1S/C16H13I2NO3/c1-2-22-16(21)10-3-5-13(6-4-10)19-9-11-7-12(17)8-14(18)15(11)20/h3-9,20H,2H2,1H3. The molecule has 2 aromatic rings. The molecule has 2 rings (SSSR count). The van der Waals surface area contributed by atoms with Gasteiger partial charge in [-0.05, 0) is 88.5 Å². The van der Waals surface area contributed by atoms with Crippen molar-refractivity contribution in [3.05, 3.63) is 54.7 Å². The van der Waals surface area contributed by atoms with Gasteiger partial charge in [-0.1, -0.05) is 0 Å². The van der Waals surface area contributed by atoms with Gasteiger partial charge in [0.05, 0.1) is 21.4 Å². The largest absolute Gasteiger partial charge is 0.506 e. The highest BCUT2D eigenvalue weighted by Crippen LogP contribution is 2.26. The van der Waals surface area contributed by atoms with Crippen molar-refractivity contribution in [3.63, 3.8) is 0 Å². The second-order valence-electron chi connectivity index (χ2n) is 4.35. The fourth-order valence-electron chi connectivity index (χ4n) is 1.73. The average molecular weight is 521 g/mol. The summed E-state index contributed by atoms with van der Waals surface area (Å²) in [5.74, 6) is -0.129. The number of hydrogen-bond donors (Lipinski definition) is 1. The molecule has 1 N–H and O–H groups in total. The number of benzene rings is 2. The van der Waals surface area contributed by atoms with Gasteiger partial charge in [0, 0.05) is 15.3 Å². The molecule has 0 unspecified atom stereocenters. The summed E-state index contributed by atoms with van der Waals surface area (Å²) < 4.78 is 6.73. The fraction of sp³-hybridized carbons (Fsp3) is 0.125. The Morgan fingerprint density at radius 3 is 2.59 bits per heavy atom. The van der Waals surface area contributed by atoms with E-state index in [2.05, 4.69) is 50.2 Å². The maximum atomic E-state index is 11.6. The van der Waals surface area contributed by atoms with Gasteiger partial charge in [0.15, 0.2) is 0 Å². The molecule has 0 atom stereocenters. The van der Waals surface area contributed by atoms with E-state index in [1.165, 1.54) is 0 Å². The third-order valence-corrected chi connectivity index (χ3v) is 4.23. The van der Waals surface area contributed by atoms with Crippen LogP contribution >= 0.6 is 45.2 Å². The molecule has 0 heterocycles. The Balaban J connectivity index is 2.19. The van der Waals surface area contributed by atoms with E-state index >= 15 is 0 Å². The number of hydrogen-bond acceptors (Lipinski definition) is 4. The van der Waals surface area contributed by atoms with Gasteiger partial charge in [-0.3, -0.25) is 4.99 Å². The third kappa shape index (κ3) is 4.42. The van der Waals surface area contributed by atoms with Gasteiger partial charge in [-0.25, -0.2) is 4.79 Å². The van der Waals surface area contributed by atoms with Crippen molar-refractivity contribution >= 4 is 63.1 Å². The SMILES string of the molecule is CCOC(=O)c1ccc(N=Cc2cc(I)cc(I)c2O)cc1. The molecule has 0 aliphatic heterocycles. The Morgan fingerprint density at radius 2 is 1.95 bits per heavy atom. The molecule has 0 radical (unpaired) electrons. The molecule has 0 amide bonds. The summed E-state index contributed by atoms with van der Waals surface area (Å²) in [4.78, 5) is 15.9. The van der Waals surface area contributed by atoms with Gasteiger partial charge < -0.3 is 9.84 Å². The highest BCUT2D eigenvalue weighted by Gasteiger charge is 2.06. The first kappa shape index (κ1) is 17.2. The maximum Gasteiger partial charge on any atom is 0.338 e. The minimum absolute atomic E-state index is 0.216. The number of ether oxygens (including phenoxy) is 1. The van der Waals surface area contributed by atoms with Gasteiger partial charge in [0.1, 0.15) is 5.75 Å². The van der Waals surface area contributed by atoms with E-state index in [0.717, 1.165) is 7.14 Å². The van der Waals surface area contributed by atoms with E-state index in [4.69, 9.17) is 4.74 Å². The molecular weight excluding hydrogens is 508 g/mol. The van der Waals surface area contributed by atoms with Crippen LogP contribution in [0.25, 0.3) is 0 Å². The summed E-state index contributed by atoms with van der Waals surface area (Å²) in [6.07, 6.45) is 1.61. The van der Waals surface area contributed by atoms with E-state index < -0.39 is 0 Å². The predicted octanol–water partition coefficient (Wildman–Crippen LogP) is 4.53. The van der Waals surface area contributed by atoms with Gasteiger partial charge in [-0.2, -0.15) is 0 Å². The zero-order valence-corrected chi connectivity index (χ0v) is 16.0. The smallest absolute Gasteiger partial charge is 0.338 e. The summed E-state index contributed by atoms with van der Waals surface area (Å²) in [5, 5.41) is 10.0. The van der Waals surface area contributed by atoms with Crippen LogP contribution in [0.5, 0.6) is 5.75 Å². The van der Waals surface area contributed by atoms with Gasteiger partial charge in [0.25, 0.3) is 0 Å². The molecular formula is C16H13I2NO3. The average Bonchev–Trinajstić information content (AvgIpc) is 2.50. The van der Waals surface area contributed by atoms with Crippen LogP contribution in [0.3, 0.4) is 0 Å². The minimum Gasteiger partial charge on any atom is -0.506 e. The lowest BCUT2D eigenvalue weighted by Crippen LogP contribution is -2.03. The van der Waals surface area contributed by atoms with Crippen LogP contribution in [0, 0.1) is 7.14 Å². The number of halogens is 2. The van der Waals surface area contributed by atoms with Crippen LogP contribution in [0.15, 0.2) is 41.4 Å². The van der Waals surface area contributed by atoms with Crippen LogP contribution in [0.2, 0.25) is 0 Å². The molecule has 0 saturated heterocycles. The Kier molecular flexibility index (Phi) is 6.18.